The highest BCUT2D eigenvalue weighted by Crippen LogP contribution is 2.33. The Balaban J connectivity index is 2.01. The van der Waals surface area contributed by atoms with Crippen LogP contribution < -0.4 is 0 Å². The van der Waals surface area contributed by atoms with Crippen molar-refractivity contribution < 1.29 is 4.79 Å². The predicted molar refractivity (Wildman–Crippen MR) is 78.6 cm³/mol. The average Bonchev–Trinajstić information content (AvgIpc) is 2.51. The summed E-state index contributed by atoms with van der Waals surface area (Å²) in [6, 6.07) is 13.3. The lowest BCUT2D eigenvalue weighted by atomic mass is 10.1. The van der Waals surface area contributed by atoms with E-state index in [0.29, 0.717) is 28.1 Å². The summed E-state index contributed by atoms with van der Waals surface area (Å²) in [5, 5.41) is 8.24. The van der Waals surface area contributed by atoms with Crippen molar-refractivity contribution in [3.05, 3.63) is 53.6 Å². The normalized spacial score (nSPS) is 12.9. The summed E-state index contributed by atoms with van der Waals surface area (Å²) in [4.78, 5) is 20.7. The van der Waals surface area contributed by atoms with E-state index < -0.39 is 0 Å². The van der Waals surface area contributed by atoms with Crippen LogP contribution in [0, 0.1) is 6.92 Å². The molecule has 0 unspecified atom stereocenters. The van der Waals surface area contributed by atoms with Gasteiger partial charge >= 0.3 is 0 Å². The molecule has 0 atom stereocenters. The minimum atomic E-state index is -0.347. The van der Waals surface area contributed by atoms with Crippen molar-refractivity contribution in [2.24, 2.45) is 10.2 Å². The van der Waals surface area contributed by atoms with Crippen molar-refractivity contribution in [2.75, 3.05) is 0 Å². The number of amides is 1. The van der Waals surface area contributed by atoms with E-state index in [1.54, 1.807) is 12.1 Å². The fraction of sp³-hybridized carbons (Fsp3) is 0.0625. The van der Waals surface area contributed by atoms with E-state index in [2.05, 4.69) is 20.2 Å². The summed E-state index contributed by atoms with van der Waals surface area (Å²) in [5.74, 6) is 0.688. The third-order valence-electron chi connectivity index (χ3n) is 3.48. The molecule has 1 aliphatic rings. The molecule has 1 amide bonds. The van der Waals surface area contributed by atoms with E-state index in [9.17, 15) is 4.79 Å². The Hall–Kier alpha value is -2.95. The van der Waals surface area contributed by atoms with Gasteiger partial charge in [-0.2, -0.15) is 0 Å². The lowest BCUT2D eigenvalue weighted by Crippen LogP contribution is -2.02. The molecule has 0 aliphatic carbocycles. The molecule has 4 rings (SSSR count). The largest absolute Gasteiger partial charge is 0.296 e. The van der Waals surface area contributed by atoms with Crippen LogP contribution in [0.1, 0.15) is 15.9 Å². The number of azo groups is 1. The Kier molecular flexibility index (Phi) is 2.41. The van der Waals surface area contributed by atoms with Gasteiger partial charge in [-0.05, 0) is 19.1 Å². The molecular formula is C16H10N4O. The topological polar surface area (TPSA) is 67.6 Å². The number of rotatable bonds is 1. The average molecular weight is 274 g/mol. The first-order chi connectivity index (χ1) is 10.2. The van der Waals surface area contributed by atoms with Crippen LogP contribution in [0.15, 0.2) is 52.7 Å². The molecule has 100 valence electrons. The summed E-state index contributed by atoms with van der Waals surface area (Å²) >= 11 is 0. The Morgan fingerprint density at radius 2 is 1.71 bits per heavy atom. The van der Waals surface area contributed by atoms with Gasteiger partial charge in [0.15, 0.2) is 11.6 Å². The third kappa shape index (κ3) is 1.82. The van der Waals surface area contributed by atoms with Crippen molar-refractivity contribution in [3.63, 3.8) is 0 Å². The first-order valence-electron chi connectivity index (χ1n) is 6.56. The molecule has 0 fully saturated rings. The molecule has 5 heteroatoms. The molecule has 1 aliphatic heterocycles. The van der Waals surface area contributed by atoms with Gasteiger partial charge in [-0.1, -0.05) is 35.9 Å². The monoisotopic (exact) mass is 274 g/mol. The highest BCUT2D eigenvalue weighted by molar-refractivity contribution is 6.11. The van der Waals surface area contributed by atoms with Gasteiger partial charge in [0, 0.05) is 5.56 Å². The molecule has 1 aromatic heterocycles. The second kappa shape index (κ2) is 4.28. The molecule has 21 heavy (non-hydrogen) atoms. The van der Waals surface area contributed by atoms with Crippen molar-refractivity contribution >= 4 is 22.6 Å². The molecule has 5 nitrogen and oxygen atoms in total. The van der Waals surface area contributed by atoms with E-state index >= 15 is 0 Å². The van der Waals surface area contributed by atoms with Gasteiger partial charge < -0.3 is 0 Å². The van der Waals surface area contributed by atoms with Gasteiger partial charge in [0.25, 0.3) is 5.91 Å². The van der Waals surface area contributed by atoms with Crippen LogP contribution >= 0.6 is 0 Å². The Bertz CT molecular complexity index is 913. The van der Waals surface area contributed by atoms with Crippen molar-refractivity contribution in [1.29, 1.82) is 0 Å². The van der Waals surface area contributed by atoms with E-state index in [4.69, 9.17) is 0 Å². The number of carbonyl (C=O) groups excluding carboxylic acids is 1. The number of hydrogen-bond acceptors (Lipinski definition) is 4. The maximum absolute atomic E-state index is 11.7. The van der Waals surface area contributed by atoms with Gasteiger partial charge in [0.1, 0.15) is 0 Å². The van der Waals surface area contributed by atoms with Crippen LogP contribution in [0.3, 0.4) is 0 Å². The molecule has 0 saturated heterocycles. The third-order valence-corrected chi connectivity index (χ3v) is 3.48. The predicted octanol–water partition coefficient (Wildman–Crippen LogP) is 3.84. The molecule has 0 saturated carbocycles. The fourth-order valence-corrected chi connectivity index (χ4v) is 2.39. The minimum Gasteiger partial charge on any atom is -0.265 e. The first kappa shape index (κ1) is 11.8. The lowest BCUT2D eigenvalue weighted by molar-refractivity contribution is 0.0995. The second-order valence-corrected chi connectivity index (χ2v) is 4.94. The maximum Gasteiger partial charge on any atom is 0.296 e. The van der Waals surface area contributed by atoms with Crippen molar-refractivity contribution in [1.82, 2.24) is 9.97 Å². The molecular weight excluding hydrogens is 264 g/mol. The smallest absolute Gasteiger partial charge is 0.265 e. The van der Waals surface area contributed by atoms with E-state index in [-0.39, 0.29) is 5.91 Å². The van der Waals surface area contributed by atoms with Gasteiger partial charge in [-0.25, -0.2) is 9.97 Å². The summed E-state index contributed by atoms with van der Waals surface area (Å²) in [5.41, 5.74) is 3.30. The Labute approximate surface area is 120 Å². The van der Waals surface area contributed by atoms with E-state index in [1.807, 2.05) is 37.3 Å². The van der Waals surface area contributed by atoms with Crippen LogP contribution in [0.5, 0.6) is 0 Å². The second-order valence-electron chi connectivity index (χ2n) is 4.94. The molecule has 3 aromatic rings. The van der Waals surface area contributed by atoms with Crippen LogP contribution in [0.25, 0.3) is 22.3 Å². The zero-order valence-corrected chi connectivity index (χ0v) is 11.2. The number of hydrogen-bond donors (Lipinski definition) is 0. The zero-order valence-electron chi connectivity index (χ0n) is 11.2. The van der Waals surface area contributed by atoms with Crippen LogP contribution in [0.4, 0.5) is 5.82 Å². The van der Waals surface area contributed by atoms with Gasteiger partial charge in [-0.3, -0.25) is 4.79 Å². The Morgan fingerprint density at radius 3 is 2.52 bits per heavy atom. The Morgan fingerprint density at radius 1 is 0.905 bits per heavy atom. The van der Waals surface area contributed by atoms with E-state index in [1.165, 1.54) is 5.56 Å². The van der Waals surface area contributed by atoms with Gasteiger partial charge in [0.2, 0.25) is 0 Å². The summed E-state index contributed by atoms with van der Waals surface area (Å²) < 4.78 is 0. The van der Waals surface area contributed by atoms with Gasteiger partial charge in [0.05, 0.1) is 16.5 Å². The zero-order chi connectivity index (χ0) is 14.4. The number of aryl methyl sites for hydroxylation is 1. The van der Waals surface area contributed by atoms with Gasteiger partial charge in [-0.15, -0.1) is 10.2 Å². The fourth-order valence-electron chi connectivity index (χ4n) is 2.39. The van der Waals surface area contributed by atoms with Crippen molar-refractivity contribution in [2.45, 2.75) is 6.92 Å². The van der Waals surface area contributed by atoms with E-state index in [0.717, 1.165) is 5.56 Å². The first-order valence-corrected chi connectivity index (χ1v) is 6.56. The molecule has 2 aromatic carbocycles. The SMILES string of the molecule is Cc1ccc(-c2nc3c4c(cccc4n2)C(=O)N=N3)cc1. The summed E-state index contributed by atoms with van der Waals surface area (Å²) in [6.07, 6.45) is 0. The number of nitrogens with zero attached hydrogens (tertiary/aromatic N) is 4. The highest BCUT2D eigenvalue weighted by atomic mass is 16.1. The minimum absolute atomic E-state index is 0.347. The lowest BCUT2D eigenvalue weighted by Gasteiger charge is -2.10. The molecule has 0 N–H and O–H groups in total. The molecule has 0 radical (unpaired) electrons. The molecule has 0 bridgehead atoms. The number of carbonyl (C=O) groups is 1. The van der Waals surface area contributed by atoms with Crippen LogP contribution in [0.2, 0.25) is 0 Å². The number of aromatic nitrogens is 2. The van der Waals surface area contributed by atoms with Crippen molar-refractivity contribution in [3.8, 4) is 11.4 Å². The molecule has 0 spiro atoms. The maximum atomic E-state index is 11.7. The standard InChI is InChI=1S/C16H10N4O/c1-9-5-7-10(8-6-9)14-17-12-4-2-3-11-13(12)15(18-14)19-20-16(11)21/h2-8H,1H3. The molecule has 2 heterocycles. The van der Waals surface area contributed by atoms with Crippen LogP contribution in [-0.4, -0.2) is 15.9 Å². The quantitative estimate of drug-likeness (QED) is 0.677. The summed E-state index contributed by atoms with van der Waals surface area (Å²) in [7, 11) is 0. The van der Waals surface area contributed by atoms with Crippen LogP contribution in [-0.2, 0) is 0 Å². The number of benzene rings is 2. The highest BCUT2D eigenvalue weighted by Gasteiger charge is 2.20. The summed E-state index contributed by atoms with van der Waals surface area (Å²) in [6.45, 7) is 2.03.